The lowest BCUT2D eigenvalue weighted by molar-refractivity contribution is -0.121. The van der Waals surface area contributed by atoms with Crippen LogP contribution in [0.3, 0.4) is 0 Å². The number of hydrogen-bond acceptors (Lipinski definition) is 5. The van der Waals surface area contributed by atoms with Crippen LogP contribution in [0.5, 0.6) is 0 Å². The highest BCUT2D eigenvalue weighted by atomic mass is 16.5. The van der Waals surface area contributed by atoms with Gasteiger partial charge < -0.3 is 9.84 Å². The maximum Gasteiger partial charge on any atom is 0.227 e. The van der Waals surface area contributed by atoms with Crippen molar-refractivity contribution >= 4 is 5.91 Å². The van der Waals surface area contributed by atoms with Crippen molar-refractivity contribution in [2.24, 2.45) is 0 Å². The molecular formula is C18H22N4O2. The number of nitrogens with one attached hydrogen (secondary N) is 1. The Balaban J connectivity index is 1.50. The van der Waals surface area contributed by atoms with Gasteiger partial charge in [-0.25, -0.2) is 0 Å². The summed E-state index contributed by atoms with van der Waals surface area (Å²) in [4.78, 5) is 20.4. The van der Waals surface area contributed by atoms with E-state index >= 15 is 0 Å². The highest BCUT2D eigenvalue weighted by Gasteiger charge is 2.15. The molecule has 1 aliphatic carbocycles. The van der Waals surface area contributed by atoms with Crippen molar-refractivity contribution in [2.75, 3.05) is 0 Å². The van der Waals surface area contributed by atoms with E-state index in [-0.39, 0.29) is 11.9 Å². The predicted molar refractivity (Wildman–Crippen MR) is 90.0 cm³/mol. The Morgan fingerprint density at radius 1 is 1.33 bits per heavy atom. The van der Waals surface area contributed by atoms with Gasteiger partial charge in [0.05, 0.1) is 0 Å². The number of hydrogen-bond donors (Lipinski definition) is 1. The SMILES string of the molecule is CC(NC(=O)CCc1nc(-c2ccncc2)no1)C1=CCCCC1. The first-order valence-electron chi connectivity index (χ1n) is 8.43. The summed E-state index contributed by atoms with van der Waals surface area (Å²) >= 11 is 0. The molecule has 0 spiro atoms. The van der Waals surface area contributed by atoms with Crippen molar-refractivity contribution in [1.29, 1.82) is 0 Å². The summed E-state index contributed by atoms with van der Waals surface area (Å²) in [6, 6.07) is 3.75. The fraction of sp³-hybridized carbons (Fsp3) is 0.444. The molecule has 1 amide bonds. The Kier molecular flexibility index (Phi) is 5.36. The van der Waals surface area contributed by atoms with Gasteiger partial charge in [0.2, 0.25) is 17.6 Å². The lowest BCUT2D eigenvalue weighted by Gasteiger charge is -2.20. The Morgan fingerprint density at radius 3 is 2.92 bits per heavy atom. The Bertz CT molecular complexity index is 709. The number of carbonyl (C=O) groups excluding carboxylic acids is 1. The molecule has 2 heterocycles. The van der Waals surface area contributed by atoms with Crippen molar-refractivity contribution in [2.45, 2.75) is 51.5 Å². The monoisotopic (exact) mass is 326 g/mol. The molecule has 126 valence electrons. The van der Waals surface area contributed by atoms with Gasteiger partial charge in [-0.1, -0.05) is 16.8 Å². The molecule has 2 aromatic rings. The summed E-state index contributed by atoms with van der Waals surface area (Å²) in [7, 11) is 0. The van der Waals surface area contributed by atoms with Crippen molar-refractivity contribution in [1.82, 2.24) is 20.4 Å². The molecule has 1 N–H and O–H groups in total. The summed E-state index contributed by atoms with van der Waals surface area (Å²) in [6.07, 6.45) is 11.1. The first-order valence-corrected chi connectivity index (χ1v) is 8.43. The normalized spacial score (nSPS) is 15.6. The molecule has 2 aromatic heterocycles. The Hall–Kier alpha value is -2.50. The average molecular weight is 326 g/mol. The minimum Gasteiger partial charge on any atom is -0.350 e. The van der Waals surface area contributed by atoms with Gasteiger partial charge in [0.25, 0.3) is 0 Å². The van der Waals surface area contributed by atoms with Crippen LogP contribution in [0.4, 0.5) is 0 Å². The van der Waals surface area contributed by atoms with Gasteiger partial charge in [0.1, 0.15) is 0 Å². The van der Waals surface area contributed by atoms with Crippen molar-refractivity contribution in [3.63, 3.8) is 0 Å². The van der Waals surface area contributed by atoms with Crippen LogP contribution in [0.2, 0.25) is 0 Å². The van der Waals surface area contributed by atoms with Crippen molar-refractivity contribution in [3.05, 3.63) is 42.1 Å². The topological polar surface area (TPSA) is 80.9 Å². The second-order valence-corrected chi connectivity index (χ2v) is 6.06. The number of aryl methyl sites for hydroxylation is 1. The van der Waals surface area contributed by atoms with Crippen LogP contribution in [-0.2, 0) is 11.2 Å². The summed E-state index contributed by atoms with van der Waals surface area (Å²) in [5, 5.41) is 7.00. The minimum absolute atomic E-state index is 0.0117. The molecule has 0 aliphatic heterocycles. The minimum atomic E-state index is 0.0117. The molecule has 24 heavy (non-hydrogen) atoms. The quantitative estimate of drug-likeness (QED) is 0.825. The summed E-state index contributed by atoms with van der Waals surface area (Å²) in [5.74, 6) is 1.01. The third-order valence-electron chi connectivity index (χ3n) is 4.23. The van der Waals surface area contributed by atoms with Crippen LogP contribution < -0.4 is 5.32 Å². The van der Waals surface area contributed by atoms with E-state index in [0.29, 0.717) is 24.6 Å². The molecule has 0 fully saturated rings. The lowest BCUT2D eigenvalue weighted by Crippen LogP contribution is -2.34. The number of allylic oxidation sites excluding steroid dienone is 1. The third kappa shape index (κ3) is 4.28. The zero-order chi connectivity index (χ0) is 16.8. The molecular weight excluding hydrogens is 304 g/mol. The van der Waals surface area contributed by atoms with Gasteiger partial charge in [-0.2, -0.15) is 4.98 Å². The van der Waals surface area contributed by atoms with E-state index in [0.717, 1.165) is 18.4 Å². The third-order valence-corrected chi connectivity index (χ3v) is 4.23. The van der Waals surface area contributed by atoms with Gasteiger partial charge in [-0.15, -0.1) is 0 Å². The number of nitrogens with zero attached hydrogens (tertiary/aromatic N) is 3. The van der Waals surface area contributed by atoms with Crippen LogP contribution in [0.1, 0.15) is 44.9 Å². The second-order valence-electron chi connectivity index (χ2n) is 6.06. The van der Waals surface area contributed by atoms with E-state index in [1.54, 1.807) is 12.4 Å². The summed E-state index contributed by atoms with van der Waals surface area (Å²) in [6.45, 7) is 2.04. The highest BCUT2D eigenvalue weighted by Crippen LogP contribution is 2.20. The fourth-order valence-electron chi connectivity index (χ4n) is 2.86. The van der Waals surface area contributed by atoms with Crippen LogP contribution >= 0.6 is 0 Å². The van der Waals surface area contributed by atoms with E-state index < -0.39 is 0 Å². The average Bonchev–Trinajstić information content (AvgIpc) is 3.10. The van der Waals surface area contributed by atoms with Gasteiger partial charge >= 0.3 is 0 Å². The molecule has 0 saturated heterocycles. The Labute approximate surface area is 141 Å². The largest absolute Gasteiger partial charge is 0.350 e. The number of aromatic nitrogens is 3. The van der Waals surface area contributed by atoms with Gasteiger partial charge in [0.15, 0.2) is 0 Å². The molecule has 6 nitrogen and oxygen atoms in total. The molecule has 1 unspecified atom stereocenters. The lowest BCUT2D eigenvalue weighted by atomic mass is 9.94. The standard InChI is InChI=1S/C18H22N4O2/c1-13(14-5-3-2-4-6-14)20-16(23)7-8-17-21-18(22-24-17)15-9-11-19-12-10-15/h5,9-13H,2-4,6-8H2,1H3,(H,20,23). The van der Waals surface area contributed by atoms with E-state index in [1.165, 1.54) is 18.4 Å². The molecule has 0 saturated carbocycles. The molecule has 0 radical (unpaired) electrons. The molecule has 1 aliphatic rings. The molecule has 1 atom stereocenters. The van der Waals surface area contributed by atoms with Gasteiger partial charge in [-0.05, 0) is 44.7 Å². The van der Waals surface area contributed by atoms with Crippen LogP contribution in [-0.4, -0.2) is 27.1 Å². The number of amides is 1. The van der Waals surface area contributed by atoms with E-state index in [4.69, 9.17) is 4.52 Å². The first-order chi connectivity index (χ1) is 11.7. The molecule has 6 heteroatoms. The molecule has 3 rings (SSSR count). The zero-order valence-corrected chi connectivity index (χ0v) is 13.9. The number of pyridine rings is 1. The summed E-state index contributed by atoms with van der Waals surface area (Å²) in [5.41, 5.74) is 2.19. The van der Waals surface area contributed by atoms with Crippen LogP contribution in [0, 0.1) is 0 Å². The second kappa shape index (κ2) is 7.86. The van der Waals surface area contributed by atoms with Gasteiger partial charge in [-0.3, -0.25) is 9.78 Å². The van der Waals surface area contributed by atoms with E-state index in [9.17, 15) is 4.79 Å². The predicted octanol–water partition coefficient (Wildman–Crippen LogP) is 3.07. The first kappa shape index (κ1) is 16.4. The van der Waals surface area contributed by atoms with E-state index in [2.05, 4.69) is 26.5 Å². The number of rotatable bonds is 6. The number of carbonyl (C=O) groups is 1. The van der Waals surface area contributed by atoms with Crippen LogP contribution in [0.15, 0.2) is 40.7 Å². The van der Waals surface area contributed by atoms with Crippen molar-refractivity contribution < 1.29 is 9.32 Å². The maximum absolute atomic E-state index is 12.1. The van der Waals surface area contributed by atoms with Crippen molar-refractivity contribution in [3.8, 4) is 11.4 Å². The highest BCUT2D eigenvalue weighted by molar-refractivity contribution is 5.76. The molecule has 0 bridgehead atoms. The smallest absolute Gasteiger partial charge is 0.227 e. The van der Waals surface area contributed by atoms with E-state index in [1.807, 2.05) is 19.1 Å². The molecule has 0 aromatic carbocycles. The van der Waals surface area contributed by atoms with Crippen LogP contribution in [0.25, 0.3) is 11.4 Å². The zero-order valence-electron chi connectivity index (χ0n) is 13.9. The summed E-state index contributed by atoms with van der Waals surface area (Å²) < 4.78 is 5.22. The fourth-order valence-corrected chi connectivity index (χ4v) is 2.86. The Morgan fingerprint density at radius 2 is 2.17 bits per heavy atom. The maximum atomic E-state index is 12.1. The van der Waals surface area contributed by atoms with Gasteiger partial charge in [0, 0.05) is 36.8 Å².